The number of hydrogen-bond acceptors (Lipinski definition) is 7. The number of methoxy groups -OCH3 is 1. The van der Waals surface area contributed by atoms with Crippen LogP contribution in [0.25, 0.3) is 0 Å². The second-order valence-electron chi connectivity index (χ2n) is 13.4. The summed E-state index contributed by atoms with van der Waals surface area (Å²) in [5.41, 5.74) is 0.360. The van der Waals surface area contributed by atoms with Crippen molar-refractivity contribution in [3.63, 3.8) is 0 Å². The Labute approximate surface area is 246 Å². The monoisotopic (exact) mass is 566 g/mol. The third-order valence-electron chi connectivity index (χ3n) is 10.9. The predicted octanol–water partition coefficient (Wildman–Crippen LogP) is 3.39. The molecule has 0 aromatic carbocycles. The molecule has 4 aliphatic rings. The molecule has 0 radical (unpaired) electrons. The largest absolute Gasteiger partial charge is 1.00 e. The number of ether oxygens (including phenoxy) is 2. The van der Waals surface area contributed by atoms with Gasteiger partial charge in [0.25, 0.3) is 0 Å². The minimum absolute atomic E-state index is 0. The maximum absolute atomic E-state index is 13.4. The standard InChI is InChI=1S/C29H51O6S2.Li/c1-20-5-18-28(27(19-20)36(30)31)37(32,33)26-16-14-25(15-17-26)35-24-12-8-22(9-13-24)29(2,3)21-6-10-23(34-4)11-7-21;/h20-28H,5-19H2,1-4H3;/q-1;+1. The first kappa shape index (κ1) is 32.9. The minimum Gasteiger partial charge on any atom is -0.424 e. The van der Waals surface area contributed by atoms with Crippen LogP contribution in [0.1, 0.15) is 117 Å². The molecule has 4 fully saturated rings. The summed E-state index contributed by atoms with van der Waals surface area (Å²) >= 11 is 0. The summed E-state index contributed by atoms with van der Waals surface area (Å²) in [6, 6.07) is 0. The maximum Gasteiger partial charge on any atom is 1.00 e. The Morgan fingerprint density at radius 1 is 0.711 bits per heavy atom. The third kappa shape index (κ3) is 7.62. The van der Waals surface area contributed by atoms with Crippen LogP contribution < -0.4 is 18.9 Å². The van der Waals surface area contributed by atoms with Gasteiger partial charge in [0.15, 0.2) is 9.84 Å². The Bertz CT molecular complexity index is 903. The van der Waals surface area contributed by atoms with Crippen molar-refractivity contribution in [3.8, 4) is 0 Å². The van der Waals surface area contributed by atoms with Crippen LogP contribution in [0.2, 0.25) is 0 Å². The molecule has 0 aromatic heterocycles. The third-order valence-corrected chi connectivity index (χ3v) is 14.9. The molecule has 9 heteroatoms. The average molecular weight is 567 g/mol. The molecule has 216 valence electrons. The molecule has 0 aromatic rings. The summed E-state index contributed by atoms with van der Waals surface area (Å²) in [6.45, 7) is 6.99. The van der Waals surface area contributed by atoms with Gasteiger partial charge < -0.3 is 17.9 Å². The van der Waals surface area contributed by atoms with Crippen molar-refractivity contribution in [2.45, 2.75) is 151 Å². The van der Waals surface area contributed by atoms with E-state index in [2.05, 4.69) is 13.8 Å². The maximum atomic E-state index is 13.4. The van der Waals surface area contributed by atoms with Gasteiger partial charge in [-0.25, -0.2) is 8.42 Å². The first-order chi connectivity index (χ1) is 17.5. The Morgan fingerprint density at radius 3 is 1.66 bits per heavy atom. The molecule has 4 saturated carbocycles. The van der Waals surface area contributed by atoms with E-state index in [9.17, 15) is 16.8 Å². The van der Waals surface area contributed by atoms with Crippen LogP contribution in [0.3, 0.4) is 0 Å². The predicted molar refractivity (Wildman–Crippen MR) is 148 cm³/mol. The molecule has 0 heterocycles. The molecule has 38 heavy (non-hydrogen) atoms. The second-order valence-corrected chi connectivity index (χ2v) is 17.0. The fraction of sp³-hybridized carbons (Fsp3) is 1.00. The van der Waals surface area contributed by atoms with Crippen LogP contribution in [0.4, 0.5) is 0 Å². The van der Waals surface area contributed by atoms with Crippen molar-refractivity contribution in [2.24, 2.45) is 23.2 Å². The summed E-state index contributed by atoms with van der Waals surface area (Å²) < 4.78 is 62.6. The van der Waals surface area contributed by atoms with Gasteiger partial charge in [-0.3, -0.25) is 0 Å². The van der Waals surface area contributed by atoms with E-state index in [1.165, 1.54) is 38.5 Å². The second kappa shape index (κ2) is 14.1. The van der Waals surface area contributed by atoms with E-state index in [0.717, 1.165) is 43.9 Å². The molecule has 0 spiro atoms. The van der Waals surface area contributed by atoms with E-state index in [1.54, 1.807) is 0 Å². The fourth-order valence-electron chi connectivity index (χ4n) is 8.21. The van der Waals surface area contributed by atoms with Crippen molar-refractivity contribution in [1.29, 1.82) is 0 Å². The van der Waals surface area contributed by atoms with Crippen LogP contribution in [-0.4, -0.2) is 49.6 Å². The number of sulfone groups is 1. The zero-order valence-corrected chi connectivity index (χ0v) is 26.2. The Balaban J connectivity index is 0.00000400. The van der Waals surface area contributed by atoms with Gasteiger partial charge in [0.1, 0.15) is 0 Å². The van der Waals surface area contributed by atoms with Crippen LogP contribution in [0.15, 0.2) is 0 Å². The summed E-state index contributed by atoms with van der Waals surface area (Å²) in [4.78, 5) is 0. The van der Waals surface area contributed by atoms with Crippen molar-refractivity contribution in [3.05, 3.63) is 0 Å². The van der Waals surface area contributed by atoms with Gasteiger partial charge in [0.2, 0.25) is 0 Å². The van der Waals surface area contributed by atoms with Crippen LogP contribution in [0.5, 0.6) is 0 Å². The molecule has 0 aliphatic heterocycles. The van der Waals surface area contributed by atoms with Crippen LogP contribution in [0, 0.1) is 23.2 Å². The van der Waals surface area contributed by atoms with Gasteiger partial charge in [0.05, 0.1) is 28.8 Å². The van der Waals surface area contributed by atoms with Crippen LogP contribution in [-0.2, 0) is 38.4 Å². The molecule has 3 unspecified atom stereocenters. The topological polar surface area (TPSA) is 86.7 Å². The van der Waals surface area contributed by atoms with Crippen molar-refractivity contribution in [1.82, 2.24) is 0 Å². The molecular formula is C29H51LiO6S2. The first-order valence-corrected chi connectivity index (χ1v) is 17.8. The molecule has 4 aliphatic carbocycles. The molecule has 0 bridgehead atoms. The van der Waals surface area contributed by atoms with Crippen molar-refractivity contribution < 1.29 is 45.2 Å². The molecule has 6 nitrogen and oxygen atoms in total. The van der Waals surface area contributed by atoms with Gasteiger partial charge in [-0.15, -0.1) is 0 Å². The molecule has 0 saturated heterocycles. The molecule has 0 amide bonds. The smallest absolute Gasteiger partial charge is 0.424 e. The van der Waals surface area contributed by atoms with Crippen molar-refractivity contribution >= 4 is 20.5 Å². The summed E-state index contributed by atoms with van der Waals surface area (Å²) in [6.07, 6.45) is 15.0. The Hall–Kier alpha value is 0.417. The zero-order valence-electron chi connectivity index (χ0n) is 24.6. The van der Waals surface area contributed by atoms with Gasteiger partial charge >= 0.3 is 18.9 Å². The quantitative estimate of drug-likeness (QED) is 0.331. The van der Waals surface area contributed by atoms with Crippen LogP contribution >= 0.6 is 0 Å². The summed E-state index contributed by atoms with van der Waals surface area (Å²) in [5, 5.41) is -1.90. The molecular weight excluding hydrogens is 515 g/mol. The fourth-order valence-corrected chi connectivity index (χ4v) is 12.2. The summed E-state index contributed by atoms with van der Waals surface area (Å²) in [5.74, 6) is 1.80. The SMILES string of the molecule is COC1CCC(C(C)(C)C2CCC(OC3CCC(S(=O)(=O)C4CCC(C)CC4[S-](=O)=O)CC3)CC2)CC1.[Li+]. The van der Waals surface area contributed by atoms with Crippen molar-refractivity contribution in [2.75, 3.05) is 7.11 Å². The average Bonchev–Trinajstić information content (AvgIpc) is 2.89. The molecule has 0 N–H and O–H groups in total. The Morgan fingerprint density at radius 2 is 1.18 bits per heavy atom. The van der Waals surface area contributed by atoms with E-state index in [-0.39, 0.29) is 30.9 Å². The molecule has 4 rings (SSSR count). The summed E-state index contributed by atoms with van der Waals surface area (Å²) in [7, 11) is -3.95. The van der Waals surface area contributed by atoms with E-state index < -0.39 is 36.3 Å². The van der Waals surface area contributed by atoms with Gasteiger partial charge in [-0.05, 0) is 118 Å². The van der Waals surface area contributed by atoms with E-state index in [0.29, 0.717) is 43.3 Å². The normalized spacial score (nSPS) is 39.4. The zero-order chi connectivity index (χ0) is 26.8. The van der Waals surface area contributed by atoms with Gasteiger partial charge in [0, 0.05) is 7.11 Å². The minimum atomic E-state index is -3.46. The van der Waals surface area contributed by atoms with Gasteiger partial charge in [-0.2, -0.15) is 0 Å². The van der Waals surface area contributed by atoms with E-state index >= 15 is 0 Å². The number of rotatable bonds is 8. The first-order valence-electron chi connectivity index (χ1n) is 15.0. The van der Waals surface area contributed by atoms with E-state index in [4.69, 9.17) is 9.47 Å². The van der Waals surface area contributed by atoms with Gasteiger partial charge in [-0.1, -0.05) is 37.9 Å². The van der Waals surface area contributed by atoms with E-state index in [1.807, 2.05) is 14.0 Å². The number of hydrogen-bond donors (Lipinski definition) is 0. The Kier molecular flexibility index (Phi) is 12.2. The molecule has 3 atom stereocenters.